The maximum atomic E-state index is 11.7. The van der Waals surface area contributed by atoms with Crippen molar-refractivity contribution in [1.82, 2.24) is 5.43 Å². The van der Waals surface area contributed by atoms with Crippen molar-refractivity contribution >= 4 is 34.2 Å². The first kappa shape index (κ1) is 22.0. The molecule has 2 heterocycles. The van der Waals surface area contributed by atoms with Crippen LogP contribution in [0.4, 0.5) is 10.5 Å². The van der Waals surface area contributed by atoms with Crippen molar-refractivity contribution in [2.75, 3.05) is 25.7 Å². The van der Waals surface area contributed by atoms with Crippen LogP contribution in [-0.2, 0) is 6.42 Å². The molecule has 32 heavy (non-hydrogen) atoms. The molecule has 0 spiro atoms. The second-order valence-corrected chi connectivity index (χ2v) is 9.66. The zero-order valence-corrected chi connectivity index (χ0v) is 19.3. The maximum Gasteiger partial charge on any atom is 0.300 e. The van der Waals surface area contributed by atoms with Crippen molar-refractivity contribution in [3.63, 3.8) is 0 Å². The van der Waals surface area contributed by atoms with Gasteiger partial charge in [-0.15, -0.1) is 0 Å². The average molecular weight is 455 g/mol. The average Bonchev–Trinajstić information content (AvgIpc) is 2.78. The van der Waals surface area contributed by atoms with E-state index in [1.54, 1.807) is 26.4 Å². The lowest BCUT2D eigenvalue weighted by Crippen LogP contribution is -2.39. The smallest absolute Gasteiger partial charge is 0.300 e. The first-order chi connectivity index (χ1) is 15.4. The number of rotatable bonds is 4. The summed E-state index contributed by atoms with van der Waals surface area (Å²) in [4.78, 5) is 13.8. The SMILES string of the molecule is COc1ccc(C(=NO)N2CCCc3cc(C4=NNC(=O)SC4(C)C)ccc32)cc1OC. The highest BCUT2D eigenvalue weighted by Gasteiger charge is 2.34. The molecule has 8 nitrogen and oxygen atoms in total. The van der Waals surface area contributed by atoms with E-state index in [0.717, 1.165) is 47.5 Å². The van der Waals surface area contributed by atoms with E-state index in [-0.39, 0.29) is 5.24 Å². The van der Waals surface area contributed by atoms with Gasteiger partial charge in [0.2, 0.25) is 0 Å². The van der Waals surface area contributed by atoms with Gasteiger partial charge in [0.25, 0.3) is 5.24 Å². The third-order valence-electron chi connectivity index (χ3n) is 5.64. The minimum absolute atomic E-state index is 0.151. The van der Waals surface area contributed by atoms with E-state index in [9.17, 15) is 10.0 Å². The Kier molecular flexibility index (Phi) is 6.01. The van der Waals surface area contributed by atoms with E-state index >= 15 is 0 Å². The molecular formula is C23H26N4O4S. The predicted octanol–water partition coefficient (Wildman–Crippen LogP) is 4.23. The molecule has 4 rings (SSSR count). The van der Waals surface area contributed by atoms with Crippen LogP contribution >= 0.6 is 11.8 Å². The fourth-order valence-electron chi connectivity index (χ4n) is 4.16. The topological polar surface area (TPSA) is 95.8 Å². The van der Waals surface area contributed by atoms with Crippen molar-refractivity contribution < 1.29 is 19.5 Å². The van der Waals surface area contributed by atoms with Crippen molar-refractivity contribution in [3.05, 3.63) is 53.1 Å². The first-order valence-electron chi connectivity index (χ1n) is 10.3. The van der Waals surface area contributed by atoms with Gasteiger partial charge in [0.15, 0.2) is 17.3 Å². The Hall–Kier alpha value is -3.20. The summed E-state index contributed by atoms with van der Waals surface area (Å²) in [6, 6.07) is 11.6. The molecule has 2 aliphatic rings. The van der Waals surface area contributed by atoms with Crippen molar-refractivity contribution in [2.24, 2.45) is 10.3 Å². The van der Waals surface area contributed by atoms with Crippen LogP contribution in [0.5, 0.6) is 11.5 Å². The van der Waals surface area contributed by atoms with Crippen LogP contribution < -0.4 is 19.8 Å². The van der Waals surface area contributed by atoms with Gasteiger partial charge < -0.3 is 19.6 Å². The Morgan fingerprint density at radius 1 is 1.19 bits per heavy atom. The number of hydrogen-bond acceptors (Lipinski definition) is 7. The van der Waals surface area contributed by atoms with Gasteiger partial charge in [-0.2, -0.15) is 5.10 Å². The van der Waals surface area contributed by atoms with Gasteiger partial charge >= 0.3 is 0 Å². The normalized spacial score (nSPS) is 17.9. The van der Waals surface area contributed by atoms with Gasteiger partial charge in [-0.25, -0.2) is 5.43 Å². The van der Waals surface area contributed by atoms with Crippen LogP contribution in [0.3, 0.4) is 0 Å². The summed E-state index contributed by atoms with van der Waals surface area (Å²) in [6.07, 6.45) is 1.81. The minimum Gasteiger partial charge on any atom is -0.493 e. The molecule has 0 aliphatic carbocycles. The molecule has 0 aromatic heterocycles. The van der Waals surface area contributed by atoms with Crippen LogP contribution in [-0.4, -0.2) is 47.5 Å². The number of amides is 1. The predicted molar refractivity (Wildman–Crippen MR) is 127 cm³/mol. The van der Waals surface area contributed by atoms with Crippen LogP contribution in [0.2, 0.25) is 0 Å². The number of nitrogens with zero attached hydrogens (tertiary/aromatic N) is 3. The van der Waals surface area contributed by atoms with Crippen molar-refractivity contribution in [1.29, 1.82) is 0 Å². The first-order valence-corrected chi connectivity index (χ1v) is 11.1. The number of oxime groups is 1. The van der Waals surface area contributed by atoms with E-state index in [1.165, 1.54) is 11.8 Å². The molecule has 1 amide bonds. The number of fused-ring (bicyclic) bond motifs is 1. The van der Waals surface area contributed by atoms with Crippen molar-refractivity contribution in [3.8, 4) is 11.5 Å². The number of hydrazone groups is 1. The molecular weight excluding hydrogens is 428 g/mol. The van der Waals surface area contributed by atoms with Gasteiger partial charge in [0, 0.05) is 17.8 Å². The Morgan fingerprint density at radius 2 is 1.97 bits per heavy atom. The summed E-state index contributed by atoms with van der Waals surface area (Å²) in [7, 11) is 3.16. The molecule has 2 aromatic rings. The van der Waals surface area contributed by atoms with Crippen molar-refractivity contribution in [2.45, 2.75) is 31.4 Å². The molecule has 0 saturated heterocycles. The van der Waals surface area contributed by atoms with E-state index in [0.29, 0.717) is 17.3 Å². The number of thioether (sulfide) groups is 1. The highest BCUT2D eigenvalue weighted by atomic mass is 32.2. The number of nitrogens with one attached hydrogen (secondary N) is 1. The van der Waals surface area contributed by atoms with Crippen LogP contribution in [0, 0.1) is 0 Å². The Balaban J connectivity index is 1.70. The van der Waals surface area contributed by atoms with Crippen LogP contribution in [0.15, 0.2) is 46.7 Å². The monoisotopic (exact) mass is 454 g/mol. The molecule has 2 aliphatic heterocycles. The third kappa shape index (κ3) is 4.00. The number of benzene rings is 2. The lowest BCUT2D eigenvalue weighted by Gasteiger charge is -2.33. The zero-order chi connectivity index (χ0) is 22.9. The lowest BCUT2D eigenvalue weighted by molar-refractivity contribution is 0.260. The molecule has 0 fully saturated rings. The van der Waals surface area contributed by atoms with E-state index in [1.807, 2.05) is 36.9 Å². The largest absolute Gasteiger partial charge is 0.493 e. The highest BCUT2D eigenvalue weighted by Crippen LogP contribution is 2.36. The number of anilines is 1. The quantitative estimate of drug-likeness (QED) is 0.311. The highest BCUT2D eigenvalue weighted by molar-refractivity contribution is 8.15. The summed E-state index contributed by atoms with van der Waals surface area (Å²) in [5, 5.41) is 17.7. The fraction of sp³-hybridized carbons (Fsp3) is 0.348. The molecule has 9 heteroatoms. The second-order valence-electron chi connectivity index (χ2n) is 8.06. The van der Waals surface area contributed by atoms with Gasteiger partial charge in [-0.1, -0.05) is 23.0 Å². The number of carbonyl (C=O) groups is 1. The fourth-order valence-corrected chi connectivity index (χ4v) is 4.97. The molecule has 0 bridgehead atoms. The van der Waals surface area contributed by atoms with Gasteiger partial charge in [0.05, 0.1) is 24.7 Å². The molecule has 2 aromatic carbocycles. The number of methoxy groups -OCH3 is 2. The molecule has 0 unspecified atom stereocenters. The van der Waals surface area contributed by atoms with E-state index < -0.39 is 4.75 Å². The summed E-state index contributed by atoms with van der Waals surface area (Å²) in [5.74, 6) is 1.62. The number of ether oxygens (including phenoxy) is 2. The Morgan fingerprint density at radius 3 is 2.66 bits per heavy atom. The standard InChI is InChI=1S/C23H26N4O4S/c1-23(2)20(24-25-22(28)32-23)15-7-9-17-14(12-15)6-5-11-27(17)21(26-29)16-8-10-18(30-3)19(13-16)31-4/h7-10,12-13,29H,5-6,11H2,1-4H3,(H,25,28). The Bertz CT molecular complexity index is 1110. The number of amidine groups is 1. The molecule has 2 N–H and O–H groups in total. The maximum absolute atomic E-state index is 11.7. The number of aryl methyl sites for hydroxylation is 1. The third-order valence-corrected chi connectivity index (χ3v) is 6.62. The molecule has 0 radical (unpaired) electrons. The Labute approximate surface area is 191 Å². The molecule has 0 atom stereocenters. The molecule has 0 saturated carbocycles. The zero-order valence-electron chi connectivity index (χ0n) is 18.5. The van der Waals surface area contributed by atoms with Gasteiger partial charge in [-0.3, -0.25) is 4.79 Å². The number of carbonyl (C=O) groups excluding carboxylic acids is 1. The van der Waals surface area contributed by atoms with E-state index in [4.69, 9.17) is 9.47 Å². The number of hydrogen-bond donors (Lipinski definition) is 2. The second kappa shape index (κ2) is 8.74. The van der Waals surface area contributed by atoms with Crippen LogP contribution in [0.1, 0.15) is 37.0 Å². The lowest BCUT2D eigenvalue weighted by atomic mass is 9.93. The summed E-state index contributed by atoms with van der Waals surface area (Å²) < 4.78 is 10.3. The summed E-state index contributed by atoms with van der Waals surface area (Å²) in [6.45, 7) is 4.71. The molecule has 168 valence electrons. The minimum atomic E-state index is -0.428. The van der Waals surface area contributed by atoms with E-state index in [2.05, 4.69) is 21.7 Å². The van der Waals surface area contributed by atoms with Gasteiger partial charge in [0.1, 0.15) is 0 Å². The van der Waals surface area contributed by atoms with Gasteiger partial charge in [-0.05, 0) is 68.1 Å². The summed E-state index contributed by atoms with van der Waals surface area (Å²) >= 11 is 1.23. The van der Waals surface area contributed by atoms with Crippen LogP contribution in [0.25, 0.3) is 0 Å². The summed E-state index contributed by atoms with van der Waals surface area (Å²) in [5.41, 5.74) is 7.21.